The number of carbonyl (C=O) groups excluding carboxylic acids is 1. The van der Waals surface area contributed by atoms with Gasteiger partial charge in [-0.3, -0.25) is 4.90 Å². The smallest absolute Gasteiger partial charge is 0.327 e. The van der Waals surface area contributed by atoms with Gasteiger partial charge in [-0.15, -0.1) is 11.8 Å². The first kappa shape index (κ1) is 17.1. The molecule has 1 heterocycles. The zero-order valence-corrected chi connectivity index (χ0v) is 13.2. The van der Waals surface area contributed by atoms with Crippen LogP contribution < -0.4 is 5.32 Å². The minimum Gasteiger partial charge on any atom is -0.480 e. The number of thioether (sulfide) groups is 1. The van der Waals surface area contributed by atoms with Gasteiger partial charge >= 0.3 is 12.0 Å². The van der Waals surface area contributed by atoms with Crippen LogP contribution in [0.3, 0.4) is 0 Å². The Hall–Kier alpha value is -0.960. The zero-order chi connectivity index (χ0) is 15.3. The largest absolute Gasteiger partial charge is 0.480 e. The number of rotatable bonds is 6. The van der Waals surface area contributed by atoms with Crippen LogP contribution in [0.25, 0.3) is 0 Å². The van der Waals surface area contributed by atoms with E-state index in [0.717, 1.165) is 12.7 Å². The van der Waals surface area contributed by atoms with Crippen molar-refractivity contribution >= 4 is 33.6 Å². The molecule has 7 nitrogen and oxygen atoms in total. The molecule has 20 heavy (non-hydrogen) atoms. The van der Waals surface area contributed by atoms with Gasteiger partial charge in [-0.25, -0.2) is 18.0 Å². The van der Waals surface area contributed by atoms with Gasteiger partial charge in [-0.05, 0) is 6.42 Å². The molecule has 0 bridgehead atoms. The Balaban J connectivity index is 2.66. The number of hydrogen-bond acceptors (Lipinski definition) is 5. The molecule has 1 aliphatic heterocycles. The predicted molar refractivity (Wildman–Crippen MR) is 77.5 cm³/mol. The van der Waals surface area contributed by atoms with Crippen LogP contribution in [0.4, 0.5) is 4.79 Å². The number of carboxylic acid groups (broad SMARTS) is 1. The van der Waals surface area contributed by atoms with Crippen molar-refractivity contribution in [2.45, 2.75) is 31.2 Å². The summed E-state index contributed by atoms with van der Waals surface area (Å²) in [5.74, 6) is -0.829. The van der Waals surface area contributed by atoms with Crippen LogP contribution in [0.2, 0.25) is 0 Å². The summed E-state index contributed by atoms with van der Waals surface area (Å²) in [5, 5.41) is 11.5. The molecule has 0 spiro atoms. The third kappa shape index (κ3) is 4.86. The van der Waals surface area contributed by atoms with Crippen molar-refractivity contribution in [2.75, 3.05) is 24.3 Å². The molecule has 0 aromatic carbocycles. The van der Waals surface area contributed by atoms with Gasteiger partial charge in [0, 0.05) is 18.6 Å². The molecule has 0 aromatic heterocycles. The summed E-state index contributed by atoms with van der Waals surface area (Å²) < 4.78 is 22.0. The maximum atomic E-state index is 12.1. The average molecular weight is 324 g/mol. The summed E-state index contributed by atoms with van der Waals surface area (Å²) >= 11 is 1.44. The van der Waals surface area contributed by atoms with Crippen LogP contribution in [0.15, 0.2) is 0 Å². The second kappa shape index (κ2) is 7.16. The van der Waals surface area contributed by atoms with Crippen molar-refractivity contribution < 1.29 is 23.1 Å². The van der Waals surface area contributed by atoms with Gasteiger partial charge in [-0.2, -0.15) is 0 Å². The van der Waals surface area contributed by atoms with E-state index in [9.17, 15) is 18.0 Å². The standard InChI is InChI=1S/C11H20N2O5S2/c1-3-4-9-13(8(7-19-9)10(14)15)11(16)12-5-6-20(2,17)18/h8-9H,3-7H2,1-2H3,(H,12,16)(H,14,15). The number of sulfone groups is 1. The minimum absolute atomic E-state index is 0.00990. The van der Waals surface area contributed by atoms with E-state index in [1.807, 2.05) is 6.92 Å². The lowest BCUT2D eigenvalue weighted by molar-refractivity contribution is -0.141. The molecule has 0 aliphatic carbocycles. The molecule has 0 radical (unpaired) electrons. The van der Waals surface area contributed by atoms with Crippen molar-refractivity contribution in [2.24, 2.45) is 0 Å². The number of hydrogen-bond donors (Lipinski definition) is 2. The summed E-state index contributed by atoms with van der Waals surface area (Å²) in [6, 6.07) is -1.36. The predicted octanol–water partition coefficient (Wildman–Crippen LogP) is 0.369. The van der Waals surface area contributed by atoms with Crippen molar-refractivity contribution in [1.82, 2.24) is 10.2 Å². The van der Waals surface area contributed by atoms with Gasteiger partial charge in [0.15, 0.2) is 0 Å². The molecule has 1 aliphatic rings. The second-order valence-corrected chi connectivity index (χ2v) is 8.17. The summed E-state index contributed by atoms with van der Waals surface area (Å²) in [5.41, 5.74) is 0. The van der Waals surface area contributed by atoms with Crippen LogP contribution >= 0.6 is 11.8 Å². The highest BCUT2D eigenvalue weighted by Crippen LogP contribution is 2.32. The van der Waals surface area contributed by atoms with Crippen LogP contribution in [0, 0.1) is 0 Å². The molecule has 9 heteroatoms. The number of urea groups is 1. The van der Waals surface area contributed by atoms with E-state index in [1.165, 1.54) is 16.7 Å². The van der Waals surface area contributed by atoms with Gasteiger partial charge in [-0.1, -0.05) is 13.3 Å². The molecule has 2 atom stereocenters. The van der Waals surface area contributed by atoms with Gasteiger partial charge < -0.3 is 10.4 Å². The molecule has 2 amide bonds. The van der Waals surface area contributed by atoms with Crippen LogP contribution in [0.1, 0.15) is 19.8 Å². The molecule has 1 rings (SSSR count). The highest BCUT2D eigenvalue weighted by atomic mass is 32.2. The molecule has 2 N–H and O–H groups in total. The molecular formula is C11H20N2O5S2. The molecule has 0 aromatic rings. The fourth-order valence-electron chi connectivity index (χ4n) is 1.93. The SMILES string of the molecule is CCCC1SCC(C(=O)O)N1C(=O)NCCS(C)(=O)=O. The maximum Gasteiger partial charge on any atom is 0.327 e. The maximum absolute atomic E-state index is 12.1. The highest BCUT2D eigenvalue weighted by Gasteiger charge is 2.41. The van der Waals surface area contributed by atoms with Crippen LogP contribution in [0.5, 0.6) is 0 Å². The van der Waals surface area contributed by atoms with Crippen LogP contribution in [-0.2, 0) is 14.6 Å². The third-order valence-corrected chi connectivity index (χ3v) is 5.20. The molecule has 1 fully saturated rings. The van der Waals surface area contributed by atoms with Crippen molar-refractivity contribution in [1.29, 1.82) is 0 Å². The summed E-state index contributed by atoms with van der Waals surface area (Å²) in [4.78, 5) is 24.6. The summed E-state index contributed by atoms with van der Waals surface area (Å²) in [7, 11) is -3.15. The number of aliphatic carboxylic acids is 1. The van der Waals surface area contributed by atoms with Gasteiger partial charge in [0.2, 0.25) is 0 Å². The minimum atomic E-state index is -3.15. The molecule has 116 valence electrons. The Kier molecular flexibility index (Phi) is 6.12. The Bertz CT molecular complexity index is 465. The number of carboxylic acids is 1. The van der Waals surface area contributed by atoms with Gasteiger partial charge in [0.1, 0.15) is 15.9 Å². The molecular weight excluding hydrogens is 304 g/mol. The normalized spacial score (nSPS) is 22.8. The van der Waals surface area contributed by atoms with Crippen molar-refractivity contribution in [3.8, 4) is 0 Å². The number of nitrogens with one attached hydrogen (secondary N) is 1. The summed E-state index contributed by atoms with van der Waals surface area (Å²) in [6.45, 7) is 1.96. The molecule has 0 saturated carbocycles. The van der Waals surface area contributed by atoms with Gasteiger partial charge in [0.05, 0.1) is 11.1 Å². The topological polar surface area (TPSA) is 104 Å². The fourth-order valence-corrected chi connectivity index (χ4v) is 3.92. The van der Waals surface area contributed by atoms with E-state index in [-0.39, 0.29) is 17.7 Å². The van der Waals surface area contributed by atoms with E-state index in [1.54, 1.807) is 0 Å². The van der Waals surface area contributed by atoms with E-state index < -0.39 is 27.9 Å². The monoisotopic (exact) mass is 324 g/mol. The Morgan fingerprint density at radius 3 is 2.60 bits per heavy atom. The Morgan fingerprint density at radius 2 is 2.10 bits per heavy atom. The van der Waals surface area contributed by atoms with Crippen molar-refractivity contribution in [3.05, 3.63) is 0 Å². The average Bonchev–Trinajstić information content (AvgIpc) is 2.71. The lowest BCUT2D eigenvalue weighted by atomic mass is 10.2. The third-order valence-electron chi connectivity index (χ3n) is 2.90. The number of carbonyl (C=O) groups is 2. The fraction of sp³-hybridized carbons (Fsp3) is 0.818. The van der Waals surface area contributed by atoms with E-state index in [2.05, 4.69) is 5.32 Å². The quantitative estimate of drug-likeness (QED) is 0.731. The highest BCUT2D eigenvalue weighted by molar-refractivity contribution is 8.00. The van der Waals surface area contributed by atoms with E-state index in [0.29, 0.717) is 12.2 Å². The van der Waals surface area contributed by atoms with Crippen molar-refractivity contribution in [3.63, 3.8) is 0 Å². The Labute approximate surface area is 123 Å². The number of nitrogens with zero attached hydrogens (tertiary/aromatic N) is 1. The second-order valence-electron chi connectivity index (χ2n) is 4.70. The van der Waals surface area contributed by atoms with E-state index >= 15 is 0 Å². The number of amides is 2. The molecule has 1 saturated heterocycles. The first-order valence-corrected chi connectivity index (χ1v) is 9.45. The van der Waals surface area contributed by atoms with Gasteiger partial charge in [0.25, 0.3) is 0 Å². The lowest BCUT2D eigenvalue weighted by Gasteiger charge is -2.27. The zero-order valence-electron chi connectivity index (χ0n) is 11.5. The van der Waals surface area contributed by atoms with E-state index in [4.69, 9.17) is 5.11 Å². The summed E-state index contributed by atoms with van der Waals surface area (Å²) in [6.07, 6.45) is 2.65. The first-order valence-electron chi connectivity index (χ1n) is 6.34. The molecule has 2 unspecified atom stereocenters. The lowest BCUT2D eigenvalue weighted by Crippen LogP contribution is -2.50. The first-order chi connectivity index (χ1) is 9.26. The Morgan fingerprint density at radius 1 is 1.45 bits per heavy atom. The van der Waals surface area contributed by atoms with Crippen LogP contribution in [-0.4, -0.2) is 66.1 Å².